The topological polar surface area (TPSA) is 37.3 Å². The quantitative estimate of drug-likeness (QED) is 0.603. The highest BCUT2D eigenvalue weighted by atomic mass is 32.2. The van der Waals surface area contributed by atoms with Gasteiger partial charge >= 0.3 is 5.97 Å². The standard InChI is InChI=1S/C13H25FO2S/c1-4-6-11(14)7-5-8-17-12(13(15)16)9-10(2)3/h10-12H,4-9H2,1-3H3,(H,15,16). The summed E-state index contributed by atoms with van der Waals surface area (Å²) in [5, 5.41) is 8.69. The Labute approximate surface area is 108 Å². The fraction of sp³-hybridized carbons (Fsp3) is 0.923. The zero-order valence-corrected chi connectivity index (χ0v) is 11.9. The van der Waals surface area contributed by atoms with E-state index in [1.807, 2.05) is 20.8 Å². The highest BCUT2D eigenvalue weighted by Crippen LogP contribution is 2.21. The van der Waals surface area contributed by atoms with Crippen LogP contribution >= 0.6 is 11.8 Å². The molecule has 0 spiro atoms. The lowest BCUT2D eigenvalue weighted by molar-refractivity contribution is -0.136. The van der Waals surface area contributed by atoms with Crippen LogP contribution in [-0.4, -0.2) is 28.3 Å². The Kier molecular flexibility index (Phi) is 9.60. The van der Waals surface area contributed by atoms with Gasteiger partial charge in [-0.3, -0.25) is 4.79 Å². The number of carboxylic acid groups (broad SMARTS) is 1. The molecule has 0 aliphatic heterocycles. The molecule has 0 rings (SSSR count). The minimum absolute atomic E-state index is 0.334. The molecular formula is C13H25FO2S. The molecule has 0 heterocycles. The molecule has 0 aliphatic rings. The molecule has 0 amide bonds. The first-order valence-electron chi connectivity index (χ1n) is 6.45. The summed E-state index contributed by atoms with van der Waals surface area (Å²) in [6, 6.07) is 0. The van der Waals surface area contributed by atoms with Crippen LogP contribution in [0.4, 0.5) is 4.39 Å². The minimum atomic E-state index is -0.742. The van der Waals surface area contributed by atoms with Crippen LogP contribution in [0.15, 0.2) is 0 Å². The van der Waals surface area contributed by atoms with E-state index in [4.69, 9.17) is 5.11 Å². The van der Waals surface area contributed by atoms with Crippen molar-refractivity contribution >= 4 is 17.7 Å². The van der Waals surface area contributed by atoms with E-state index < -0.39 is 12.1 Å². The number of alkyl halides is 1. The number of hydrogen-bond donors (Lipinski definition) is 1. The highest BCUT2D eigenvalue weighted by molar-refractivity contribution is 8.00. The Morgan fingerprint density at radius 3 is 2.47 bits per heavy atom. The first-order valence-corrected chi connectivity index (χ1v) is 7.50. The molecule has 2 unspecified atom stereocenters. The van der Waals surface area contributed by atoms with Gasteiger partial charge in [0.05, 0.1) is 0 Å². The van der Waals surface area contributed by atoms with Crippen LogP contribution in [0.3, 0.4) is 0 Å². The Bertz CT molecular complexity index is 210. The molecule has 0 aromatic carbocycles. The van der Waals surface area contributed by atoms with Gasteiger partial charge in [-0.25, -0.2) is 4.39 Å². The van der Waals surface area contributed by atoms with Crippen LogP contribution in [0, 0.1) is 5.92 Å². The summed E-state index contributed by atoms with van der Waals surface area (Å²) in [7, 11) is 0. The van der Waals surface area contributed by atoms with Crippen molar-refractivity contribution in [2.45, 2.75) is 64.3 Å². The molecule has 0 aliphatic carbocycles. The van der Waals surface area contributed by atoms with E-state index in [-0.39, 0.29) is 5.25 Å². The SMILES string of the molecule is CCCC(F)CCCSC(CC(C)C)C(=O)O. The zero-order valence-electron chi connectivity index (χ0n) is 11.1. The number of thioether (sulfide) groups is 1. The summed E-state index contributed by atoms with van der Waals surface area (Å²) >= 11 is 1.45. The smallest absolute Gasteiger partial charge is 0.316 e. The fourth-order valence-electron chi connectivity index (χ4n) is 1.66. The molecule has 0 fully saturated rings. The third-order valence-electron chi connectivity index (χ3n) is 2.54. The Morgan fingerprint density at radius 2 is 2.00 bits per heavy atom. The predicted molar refractivity (Wildman–Crippen MR) is 72.4 cm³/mol. The third kappa shape index (κ3) is 9.45. The molecule has 17 heavy (non-hydrogen) atoms. The van der Waals surface area contributed by atoms with E-state index in [1.165, 1.54) is 11.8 Å². The average Bonchev–Trinajstić information content (AvgIpc) is 2.22. The number of aliphatic carboxylic acids is 1. The monoisotopic (exact) mass is 264 g/mol. The number of hydrogen-bond acceptors (Lipinski definition) is 2. The Morgan fingerprint density at radius 1 is 1.35 bits per heavy atom. The second kappa shape index (κ2) is 9.75. The van der Waals surface area contributed by atoms with Gasteiger partial charge in [-0.05, 0) is 37.4 Å². The van der Waals surface area contributed by atoms with E-state index >= 15 is 0 Å². The summed E-state index contributed by atoms with van der Waals surface area (Å²) in [4.78, 5) is 11.0. The van der Waals surface area contributed by atoms with Crippen LogP contribution in [0.5, 0.6) is 0 Å². The van der Waals surface area contributed by atoms with Gasteiger partial charge in [0.25, 0.3) is 0 Å². The third-order valence-corrected chi connectivity index (χ3v) is 3.86. The maximum atomic E-state index is 13.2. The number of carboxylic acids is 1. The van der Waals surface area contributed by atoms with Crippen molar-refractivity contribution in [3.8, 4) is 0 Å². The lowest BCUT2D eigenvalue weighted by atomic mass is 10.1. The van der Waals surface area contributed by atoms with Gasteiger partial charge in [-0.1, -0.05) is 27.2 Å². The largest absolute Gasteiger partial charge is 0.480 e. The van der Waals surface area contributed by atoms with Crippen molar-refractivity contribution in [1.82, 2.24) is 0 Å². The lowest BCUT2D eigenvalue weighted by Gasteiger charge is -2.14. The van der Waals surface area contributed by atoms with E-state index in [0.29, 0.717) is 25.2 Å². The van der Waals surface area contributed by atoms with E-state index in [1.54, 1.807) is 0 Å². The molecule has 0 aromatic rings. The summed E-state index contributed by atoms with van der Waals surface area (Å²) < 4.78 is 13.2. The maximum absolute atomic E-state index is 13.2. The number of halogens is 1. The van der Waals surface area contributed by atoms with Gasteiger partial charge in [-0.2, -0.15) is 0 Å². The number of carbonyl (C=O) groups is 1. The second-order valence-electron chi connectivity index (χ2n) is 4.86. The summed E-state index contributed by atoms with van der Waals surface area (Å²) in [5.41, 5.74) is 0. The van der Waals surface area contributed by atoms with Crippen LogP contribution in [-0.2, 0) is 4.79 Å². The van der Waals surface area contributed by atoms with Crippen molar-refractivity contribution in [3.63, 3.8) is 0 Å². The van der Waals surface area contributed by atoms with Gasteiger partial charge in [-0.15, -0.1) is 11.8 Å². The molecule has 102 valence electrons. The zero-order chi connectivity index (χ0) is 13.3. The van der Waals surface area contributed by atoms with Gasteiger partial charge < -0.3 is 5.11 Å². The highest BCUT2D eigenvalue weighted by Gasteiger charge is 2.19. The average molecular weight is 264 g/mol. The van der Waals surface area contributed by atoms with Gasteiger partial charge in [0.2, 0.25) is 0 Å². The molecule has 1 N–H and O–H groups in total. The molecule has 2 atom stereocenters. The van der Waals surface area contributed by atoms with Crippen molar-refractivity contribution in [2.75, 3.05) is 5.75 Å². The maximum Gasteiger partial charge on any atom is 0.316 e. The molecule has 0 bridgehead atoms. The summed E-state index contributed by atoms with van der Waals surface area (Å²) in [6.45, 7) is 6.02. The Balaban J connectivity index is 3.71. The van der Waals surface area contributed by atoms with Crippen LogP contribution in [0.2, 0.25) is 0 Å². The second-order valence-corrected chi connectivity index (χ2v) is 6.17. The minimum Gasteiger partial charge on any atom is -0.480 e. The van der Waals surface area contributed by atoms with Crippen molar-refractivity contribution in [2.24, 2.45) is 5.92 Å². The fourth-order valence-corrected chi connectivity index (χ4v) is 2.94. The van der Waals surface area contributed by atoms with Gasteiger partial charge in [0.1, 0.15) is 11.4 Å². The molecule has 2 nitrogen and oxygen atoms in total. The Hall–Kier alpha value is -0.250. The molecule has 0 saturated heterocycles. The van der Waals surface area contributed by atoms with Crippen molar-refractivity contribution in [1.29, 1.82) is 0 Å². The molecular weight excluding hydrogens is 239 g/mol. The van der Waals surface area contributed by atoms with E-state index in [0.717, 1.165) is 18.6 Å². The van der Waals surface area contributed by atoms with E-state index in [9.17, 15) is 9.18 Å². The van der Waals surface area contributed by atoms with Crippen LogP contribution in [0.25, 0.3) is 0 Å². The molecule has 0 aromatic heterocycles. The van der Waals surface area contributed by atoms with Crippen molar-refractivity contribution in [3.05, 3.63) is 0 Å². The first-order chi connectivity index (χ1) is 7.97. The first kappa shape index (κ1) is 16.8. The summed E-state index contributed by atoms with van der Waals surface area (Å²) in [6.07, 6.45) is 2.81. The van der Waals surface area contributed by atoms with E-state index in [2.05, 4.69) is 0 Å². The van der Waals surface area contributed by atoms with Crippen molar-refractivity contribution < 1.29 is 14.3 Å². The lowest BCUT2D eigenvalue weighted by Crippen LogP contribution is -2.19. The van der Waals surface area contributed by atoms with Gasteiger partial charge in [0.15, 0.2) is 0 Å². The molecule has 4 heteroatoms. The normalized spacial score (nSPS) is 14.9. The van der Waals surface area contributed by atoms with Crippen LogP contribution < -0.4 is 0 Å². The predicted octanol–water partition coefficient (Wildman–Crippen LogP) is 4.14. The van der Waals surface area contributed by atoms with Gasteiger partial charge in [0, 0.05) is 0 Å². The molecule has 0 saturated carbocycles. The number of rotatable bonds is 10. The summed E-state index contributed by atoms with van der Waals surface area (Å²) in [5.74, 6) is 0.389. The molecule has 0 radical (unpaired) electrons. The van der Waals surface area contributed by atoms with Crippen LogP contribution in [0.1, 0.15) is 52.9 Å².